The van der Waals surface area contributed by atoms with Crippen molar-refractivity contribution in [1.82, 2.24) is 0 Å². The average molecular weight is 240 g/mol. The third-order valence-corrected chi connectivity index (χ3v) is 5.43. The lowest BCUT2D eigenvalue weighted by Crippen LogP contribution is -2.54. The van der Waals surface area contributed by atoms with Crippen molar-refractivity contribution >= 4 is 13.7 Å². The smallest absolute Gasteiger partial charge is 0.370 e. The van der Waals surface area contributed by atoms with Gasteiger partial charge in [0, 0.05) is 7.11 Å². The normalized spacial score (nSPS) is 16.8. The van der Waals surface area contributed by atoms with Crippen LogP contribution in [0.2, 0.25) is 6.55 Å². The minimum Gasteiger partial charge on any atom is -0.394 e. The Labute approximate surface area is 97.8 Å². The topological polar surface area (TPSA) is 70.5 Å². The summed E-state index contributed by atoms with van der Waals surface area (Å²) in [6, 6.07) is 9.92. The molecule has 0 amide bonds. The van der Waals surface area contributed by atoms with E-state index in [9.17, 15) is 0 Å². The first kappa shape index (κ1) is 13.3. The van der Waals surface area contributed by atoms with E-state index in [0.717, 1.165) is 5.19 Å². The van der Waals surface area contributed by atoms with Crippen LogP contribution < -0.4 is 16.7 Å². The summed E-state index contributed by atoms with van der Waals surface area (Å²) >= 11 is 0. The number of hydrogen-bond acceptors (Lipinski definition) is 4. The summed E-state index contributed by atoms with van der Waals surface area (Å²) in [6.45, 7) is 2.50. The Morgan fingerprint density at radius 3 is 2.44 bits per heavy atom. The highest BCUT2D eigenvalue weighted by Crippen LogP contribution is 2.09. The van der Waals surface area contributed by atoms with Crippen LogP contribution >= 0.6 is 0 Å². The lowest BCUT2D eigenvalue weighted by molar-refractivity contribution is 0.141. The Morgan fingerprint density at radius 1 is 1.31 bits per heavy atom. The Bertz CT molecular complexity index is 310. The van der Waals surface area contributed by atoms with E-state index in [1.54, 1.807) is 7.11 Å². The van der Waals surface area contributed by atoms with Gasteiger partial charge in [0.25, 0.3) is 0 Å². The number of nitrogens with two attached hydrogens (primary N) is 2. The van der Waals surface area contributed by atoms with E-state index in [1.165, 1.54) is 0 Å². The summed E-state index contributed by atoms with van der Waals surface area (Å²) in [5.41, 5.74) is 11.3. The molecule has 0 saturated heterocycles. The average Bonchev–Trinajstić information content (AvgIpc) is 2.30. The molecule has 0 heterocycles. The minimum absolute atomic E-state index is 0.359. The number of rotatable bonds is 6. The summed E-state index contributed by atoms with van der Waals surface area (Å²) in [5, 5.41) is 1.07. The van der Waals surface area contributed by atoms with Crippen LogP contribution in [0, 0.1) is 0 Å². The minimum atomic E-state index is -2.38. The Balaban J connectivity index is 2.78. The van der Waals surface area contributed by atoms with E-state index >= 15 is 0 Å². The molecule has 0 aliphatic rings. The maximum Gasteiger partial charge on any atom is 0.370 e. The predicted molar refractivity (Wildman–Crippen MR) is 67.4 cm³/mol. The molecular weight excluding hydrogens is 220 g/mol. The molecule has 1 aromatic carbocycles. The van der Waals surface area contributed by atoms with Gasteiger partial charge >= 0.3 is 8.56 Å². The highest BCUT2D eigenvalue weighted by molar-refractivity contribution is 6.79. The molecule has 0 spiro atoms. The molecular formula is C11H20N2O2Si. The molecule has 5 heteroatoms. The third kappa shape index (κ3) is 3.40. The van der Waals surface area contributed by atoms with Crippen LogP contribution in [0.1, 0.15) is 6.42 Å². The van der Waals surface area contributed by atoms with Gasteiger partial charge in [-0.2, -0.15) is 0 Å². The number of hydrogen-bond donors (Lipinski definition) is 2. The van der Waals surface area contributed by atoms with Gasteiger partial charge in [0.1, 0.15) is 0 Å². The van der Waals surface area contributed by atoms with Crippen molar-refractivity contribution in [3.05, 3.63) is 30.3 Å². The zero-order chi connectivity index (χ0) is 12.0. The quantitative estimate of drug-likeness (QED) is 0.553. The van der Waals surface area contributed by atoms with E-state index in [2.05, 4.69) is 0 Å². The van der Waals surface area contributed by atoms with E-state index in [-0.39, 0.29) is 6.23 Å². The second-order valence-corrected chi connectivity index (χ2v) is 6.86. The van der Waals surface area contributed by atoms with Gasteiger partial charge in [0.2, 0.25) is 0 Å². The van der Waals surface area contributed by atoms with Gasteiger partial charge in [-0.1, -0.05) is 30.3 Å². The molecule has 0 aliphatic heterocycles. The summed E-state index contributed by atoms with van der Waals surface area (Å²) in [7, 11) is -0.719. The molecule has 4 N–H and O–H groups in total. The van der Waals surface area contributed by atoms with E-state index in [4.69, 9.17) is 20.3 Å². The fourth-order valence-corrected chi connectivity index (χ4v) is 3.45. The molecule has 4 nitrogen and oxygen atoms in total. The van der Waals surface area contributed by atoms with Crippen molar-refractivity contribution in [1.29, 1.82) is 0 Å². The van der Waals surface area contributed by atoms with Crippen molar-refractivity contribution in [2.45, 2.75) is 19.2 Å². The largest absolute Gasteiger partial charge is 0.394 e. The van der Waals surface area contributed by atoms with Crippen LogP contribution in [-0.4, -0.2) is 28.4 Å². The van der Waals surface area contributed by atoms with Gasteiger partial charge in [-0.3, -0.25) is 0 Å². The van der Waals surface area contributed by atoms with E-state index < -0.39 is 8.56 Å². The van der Waals surface area contributed by atoms with Gasteiger partial charge in [-0.15, -0.1) is 0 Å². The molecule has 0 bridgehead atoms. The summed E-state index contributed by atoms with van der Waals surface area (Å²) in [6.07, 6.45) is 0.278. The molecule has 90 valence electrons. The second-order valence-electron chi connectivity index (χ2n) is 3.75. The molecule has 16 heavy (non-hydrogen) atoms. The van der Waals surface area contributed by atoms with Crippen LogP contribution in [-0.2, 0) is 8.85 Å². The SMILES string of the molecule is CO[Si](C)(OC(N)CCN)c1ccccc1. The van der Waals surface area contributed by atoms with E-state index in [1.807, 2.05) is 36.9 Å². The molecule has 1 rings (SSSR count). The maximum atomic E-state index is 5.84. The van der Waals surface area contributed by atoms with Crippen LogP contribution in [0.5, 0.6) is 0 Å². The molecule has 0 aliphatic carbocycles. The highest BCUT2D eigenvalue weighted by Gasteiger charge is 2.34. The first-order valence-electron chi connectivity index (χ1n) is 5.36. The van der Waals surface area contributed by atoms with Crippen molar-refractivity contribution in [3.8, 4) is 0 Å². The monoisotopic (exact) mass is 240 g/mol. The summed E-state index contributed by atoms with van der Waals surface area (Å²) < 4.78 is 11.4. The zero-order valence-electron chi connectivity index (χ0n) is 9.85. The maximum absolute atomic E-state index is 5.84. The van der Waals surface area contributed by atoms with Gasteiger partial charge in [0.05, 0.1) is 6.23 Å². The van der Waals surface area contributed by atoms with Crippen LogP contribution in [0.4, 0.5) is 0 Å². The fourth-order valence-electron chi connectivity index (χ4n) is 1.49. The summed E-state index contributed by atoms with van der Waals surface area (Å²) in [4.78, 5) is 0. The molecule has 0 fully saturated rings. The Hall–Kier alpha value is -0.723. The van der Waals surface area contributed by atoms with Gasteiger partial charge < -0.3 is 20.3 Å². The Morgan fingerprint density at radius 2 is 1.94 bits per heavy atom. The second kappa shape index (κ2) is 6.12. The fraction of sp³-hybridized carbons (Fsp3) is 0.455. The molecule has 2 atom stereocenters. The van der Waals surface area contributed by atoms with E-state index in [0.29, 0.717) is 13.0 Å². The molecule has 0 saturated carbocycles. The summed E-state index contributed by atoms with van der Waals surface area (Å²) in [5.74, 6) is 0. The molecule has 2 unspecified atom stereocenters. The Kier molecular flexibility index (Phi) is 5.10. The van der Waals surface area contributed by atoms with Crippen molar-refractivity contribution in [2.75, 3.05) is 13.7 Å². The first-order valence-corrected chi connectivity index (χ1v) is 7.68. The van der Waals surface area contributed by atoms with Crippen molar-refractivity contribution < 1.29 is 8.85 Å². The third-order valence-electron chi connectivity index (χ3n) is 2.52. The molecule has 0 aromatic heterocycles. The van der Waals surface area contributed by atoms with Crippen molar-refractivity contribution in [2.24, 2.45) is 11.5 Å². The number of benzene rings is 1. The van der Waals surface area contributed by atoms with Crippen LogP contribution in [0.3, 0.4) is 0 Å². The standard InChI is InChI=1S/C11H20N2O2Si/c1-14-16(2,15-11(13)8-9-12)10-6-4-3-5-7-10/h3-7,11H,8-9,12-13H2,1-2H3. The van der Waals surface area contributed by atoms with Gasteiger partial charge in [0.15, 0.2) is 0 Å². The van der Waals surface area contributed by atoms with Crippen LogP contribution in [0.25, 0.3) is 0 Å². The highest BCUT2D eigenvalue weighted by atomic mass is 28.4. The van der Waals surface area contributed by atoms with Crippen LogP contribution in [0.15, 0.2) is 30.3 Å². The first-order chi connectivity index (χ1) is 7.62. The lowest BCUT2D eigenvalue weighted by atomic mass is 10.4. The lowest BCUT2D eigenvalue weighted by Gasteiger charge is -2.28. The zero-order valence-corrected chi connectivity index (χ0v) is 10.8. The van der Waals surface area contributed by atoms with Crippen molar-refractivity contribution in [3.63, 3.8) is 0 Å². The molecule has 0 radical (unpaired) electrons. The predicted octanol–water partition coefficient (Wildman–Crippen LogP) is 0.262. The molecule has 1 aromatic rings. The van der Waals surface area contributed by atoms with Gasteiger partial charge in [-0.25, -0.2) is 0 Å². The van der Waals surface area contributed by atoms with Gasteiger partial charge in [-0.05, 0) is 24.7 Å².